The average Bonchev–Trinajstić information content (AvgIpc) is 3.64. The molecule has 4 fully saturated rings. The Morgan fingerprint density at radius 2 is 1.83 bits per heavy atom. The normalized spacial score (nSPS) is 26.3. The second-order valence-electron chi connectivity index (χ2n) is 12.6. The van der Waals surface area contributed by atoms with Gasteiger partial charge in [0.2, 0.25) is 11.8 Å². The van der Waals surface area contributed by atoms with E-state index in [1.54, 1.807) is 7.05 Å². The average molecular weight is 582 g/mol. The molecule has 10 heteroatoms. The quantitative estimate of drug-likeness (QED) is 0.363. The molecule has 42 heavy (non-hydrogen) atoms. The van der Waals surface area contributed by atoms with Crippen LogP contribution in [0.5, 0.6) is 0 Å². The largest absolute Gasteiger partial charge is 0.452 e. The van der Waals surface area contributed by atoms with Gasteiger partial charge in [0.15, 0.2) is 6.10 Å². The van der Waals surface area contributed by atoms with Gasteiger partial charge in [0.25, 0.3) is 5.91 Å². The van der Waals surface area contributed by atoms with Crippen molar-refractivity contribution in [3.05, 3.63) is 29.8 Å². The number of benzene rings is 1. The third kappa shape index (κ3) is 7.32. The van der Waals surface area contributed by atoms with Gasteiger partial charge in [0.1, 0.15) is 6.04 Å². The van der Waals surface area contributed by atoms with Gasteiger partial charge in [-0.3, -0.25) is 19.2 Å². The Morgan fingerprint density at radius 1 is 1.05 bits per heavy atom. The van der Waals surface area contributed by atoms with Gasteiger partial charge in [-0.05, 0) is 82.2 Å². The van der Waals surface area contributed by atoms with Gasteiger partial charge in [0, 0.05) is 44.2 Å². The Hall–Kier alpha value is -2.98. The van der Waals surface area contributed by atoms with Crippen LogP contribution in [0.25, 0.3) is 0 Å². The number of carbonyl (C=O) groups excluding carboxylic acids is 4. The Kier molecular flexibility index (Phi) is 10.2. The van der Waals surface area contributed by atoms with Crippen LogP contribution in [-0.2, 0) is 30.3 Å². The van der Waals surface area contributed by atoms with Crippen molar-refractivity contribution in [3.63, 3.8) is 0 Å². The van der Waals surface area contributed by atoms with Crippen LogP contribution >= 0.6 is 0 Å². The topological polar surface area (TPSA) is 120 Å². The van der Waals surface area contributed by atoms with E-state index in [1.165, 1.54) is 6.42 Å². The number of esters is 1. The molecule has 1 aromatic rings. The van der Waals surface area contributed by atoms with Crippen molar-refractivity contribution < 1.29 is 23.9 Å². The summed E-state index contributed by atoms with van der Waals surface area (Å²) in [5.41, 5.74) is 1.83. The molecule has 230 valence electrons. The number of ether oxygens (including phenoxy) is 1. The van der Waals surface area contributed by atoms with Gasteiger partial charge in [-0.25, -0.2) is 0 Å². The maximum absolute atomic E-state index is 14.1. The number of rotatable bonds is 10. The third-order valence-electron chi connectivity index (χ3n) is 9.83. The predicted molar refractivity (Wildman–Crippen MR) is 160 cm³/mol. The Balaban J connectivity index is 1.18. The molecule has 0 radical (unpaired) electrons. The van der Waals surface area contributed by atoms with Gasteiger partial charge in [-0.2, -0.15) is 0 Å². The number of likely N-dealkylation sites (N-methyl/N-ethyl adjacent to an activating group) is 1. The summed E-state index contributed by atoms with van der Waals surface area (Å²) in [4.78, 5) is 55.3. The monoisotopic (exact) mass is 581 g/mol. The van der Waals surface area contributed by atoms with Crippen LogP contribution in [-0.4, -0.2) is 90.9 Å². The van der Waals surface area contributed by atoms with E-state index in [0.29, 0.717) is 18.0 Å². The number of amides is 3. The molecule has 4 aliphatic rings. The van der Waals surface area contributed by atoms with Crippen LogP contribution in [0, 0.1) is 11.8 Å². The lowest BCUT2D eigenvalue weighted by molar-refractivity contribution is -0.146. The number of nitrogens with one attached hydrogen (secondary N) is 3. The number of fused-ring (bicyclic) bond motifs is 1. The second-order valence-corrected chi connectivity index (χ2v) is 12.6. The lowest BCUT2D eigenvalue weighted by Crippen LogP contribution is -2.58. The van der Waals surface area contributed by atoms with Gasteiger partial charge in [-0.15, -0.1) is 0 Å². The zero-order valence-corrected chi connectivity index (χ0v) is 25.1. The number of hydrogen-bond donors (Lipinski definition) is 3. The summed E-state index contributed by atoms with van der Waals surface area (Å²) >= 11 is 0. The van der Waals surface area contributed by atoms with Crippen LogP contribution < -0.4 is 16.0 Å². The van der Waals surface area contributed by atoms with Crippen LogP contribution in [0.4, 0.5) is 5.69 Å². The molecule has 0 bridgehead atoms. The first-order chi connectivity index (χ1) is 20.3. The lowest BCUT2D eigenvalue weighted by atomic mass is 9.83. The maximum Gasteiger partial charge on any atom is 0.306 e. The zero-order chi connectivity index (χ0) is 29.6. The SMILES string of the molecule is CN[C@@H](C)C(=O)N[C@H](C(=O)N1CC[C@H]2CCN(CCc3cccc(NC(=O)C4CCC(=O)O4)c3)C[C@H]21)C1CCCCC1. The van der Waals surface area contributed by atoms with Crippen molar-refractivity contribution in [2.45, 2.75) is 95.4 Å². The van der Waals surface area contributed by atoms with Gasteiger partial charge < -0.3 is 30.5 Å². The zero-order valence-electron chi connectivity index (χ0n) is 25.1. The standard InChI is InChI=1S/C32H47N5O5/c1-21(33-2)30(39)35-29(24-8-4-3-5-9-24)32(41)37-18-15-23-14-17-36(20-26(23)37)16-13-22-7-6-10-25(19-22)34-31(40)27-11-12-28(38)42-27/h6-7,10,19,21,23-24,26-27,29,33H,3-5,8-9,11-18,20H2,1-2H3,(H,34,40)(H,35,39)/t21-,23+,26+,27?,29-/m0/s1. The highest BCUT2D eigenvalue weighted by atomic mass is 16.6. The molecule has 0 aromatic heterocycles. The molecular weight excluding hydrogens is 534 g/mol. The summed E-state index contributed by atoms with van der Waals surface area (Å²) in [7, 11) is 1.77. The molecule has 1 saturated carbocycles. The molecule has 3 heterocycles. The highest BCUT2D eigenvalue weighted by Crippen LogP contribution is 2.34. The van der Waals surface area contributed by atoms with E-state index < -0.39 is 12.1 Å². The predicted octanol–water partition coefficient (Wildman–Crippen LogP) is 2.47. The van der Waals surface area contributed by atoms with Crippen LogP contribution in [0.1, 0.15) is 70.3 Å². The molecule has 5 rings (SSSR count). The summed E-state index contributed by atoms with van der Waals surface area (Å²) < 4.78 is 5.09. The van der Waals surface area contributed by atoms with E-state index in [4.69, 9.17) is 4.74 Å². The number of cyclic esters (lactones) is 1. The number of hydrogen-bond acceptors (Lipinski definition) is 7. The summed E-state index contributed by atoms with van der Waals surface area (Å²) in [6.45, 7) is 5.32. The second kappa shape index (κ2) is 14.0. The van der Waals surface area contributed by atoms with Crippen LogP contribution in [0.3, 0.4) is 0 Å². The molecule has 3 saturated heterocycles. The van der Waals surface area contributed by atoms with Crippen LogP contribution in [0.15, 0.2) is 24.3 Å². The summed E-state index contributed by atoms with van der Waals surface area (Å²) in [6.07, 6.45) is 8.33. The number of nitrogens with zero attached hydrogens (tertiary/aromatic N) is 2. The van der Waals surface area contributed by atoms with Gasteiger partial charge in [0.05, 0.1) is 6.04 Å². The minimum Gasteiger partial charge on any atom is -0.452 e. The smallest absolute Gasteiger partial charge is 0.306 e. The van der Waals surface area contributed by atoms with Gasteiger partial charge >= 0.3 is 5.97 Å². The summed E-state index contributed by atoms with van der Waals surface area (Å²) in [5.74, 6) is 0.0929. The third-order valence-corrected chi connectivity index (χ3v) is 9.83. The minimum atomic E-state index is -0.711. The van der Waals surface area contributed by atoms with E-state index in [9.17, 15) is 19.2 Å². The molecule has 10 nitrogen and oxygen atoms in total. The fourth-order valence-electron chi connectivity index (χ4n) is 7.14. The first-order valence-corrected chi connectivity index (χ1v) is 15.9. The van der Waals surface area contributed by atoms with E-state index in [0.717, 1.165) is 76.7 Å². The highest BCUT2D eigenvalue weighted by molar-refractivity contribution is 5.96. The number of anilines is 1. The Morgan fingerprint density at radius 3 is 2.57 bits per heavy atom. The first-order valence-electron chi connectivity index (χ1n) is 15.9. The number of carbonyl (C=O) groups is 4. The number of piperidine rings is 1. The minimum absolute atomic E-state index is 0.101. The first kappa shape index (κ1) is 30.5. The molecular formula is C32H47N5O5. The summed E-state index contributed by atoms with van der Waals surface area (Å²) in [5, 5.41) is 9.04. The Labute approximate surface area is 249 Å². The highest BCUT2D eigenvalue weighted by Gasteiger charge is 2.44. The van der Waals surface area contributed by atoms with Crippen molar-refractivity contribution in [3.8, 4) is 0 Å². The van der Waals surface area contributed by atoms with Crippen LogP contribution in [0.2, 0.25) is 0 Å². The van der Waals surface area contributed by atoms with Crippen molar-refractivity contribution in [2.24, 2.45) is 11.8 Å². The van der Waals surface area contributed by atoms with E-state index in [2.05, 4.69) is 31.8 Å². The van der Waals surface area contributed by atoms with Crippen molar-refractivity contribution in [2.75, 3.05) is 38.5 Å². The lowest BCUT2D eigenvalue weighted by Gasteiger charge is -2.41. The van der Waals surface area contributed by atoms with E-state index in [-0.39, 0.29) is 48.1 Å². The molecule has 3 aliphatic heterocycles. The fourth-order valence-corrected chi connectivity index (χ4v) is 7.14. The molecule has 0 spiro atoms. The molecule has 1 aromatic carbocycles. The number of likely N-dealkylation sites (tertiary alicyclic amines) is 2. The van der Waals surface area contributed by atoms with E-state index in [1.807, 2.05) is 25.1 Å². The molecule has 3 N–H and O–H groups in total. The van der Waals surface area contributed by atoms with Crippen molar-refractivity contribution in [1.29, 1.82) is 0 Å². The maximum atomic E-state index is 14.1. The van der Waals surface area contributed by atoms with Crippen molar-refractivity contribution in [1.82, 2.24) is 20.4 Å². The Bertz CT molecular complexity index is 1140. The molecule has 3 amide bonds. The summed E-state index contributed by atoms with van der Waals surface area (Å²) in [6, 6.07) is 7.22. The molecule has 1 unspecified atom stereocenters. The van der Waals surface area contributed by atoms with E-state index >= 15 is 0 Å². The molecule has 1 aliphatic carbocycles. The van der Waals surface area contributed by atoms with Crippen molar-refractivity contribution >= 4 is 29.4 Å². The molecule has 5 atom stereocenters. The van der Waals surface area contributed by atoms with Gasteiger partial charge in [-0.1, -0.05) is 31.4 Å². The fraction of sp³-hybridized carbons (Fsp3) is 0.688.